The van der Waals surface area contributed by atoms with Crippen LogP contribution in [0.3, 0.4) is 0 Å². The predicted octanol–water partition coefficient (Wildman–Crippen LogP) is 5.33. The van der Waals surface area contributed by atoms with Gasteiger partial charge in [-0.05, 0) is 48.9 Å². The molecule has 0 bridgehead atoms. The standard InChI is InChI=1S/C14H20BrClO/c1-10(2)12-9-13(16)11(3)8-14(12)17-7-5-4-6-15/h8-10H,4-7H2,1-3H3. The number of rotatable bonds is 6. The molecule has 1 aromatic rings. The zero-order chi connectivity index (χ0) is 12.8. The molecule has 96 valence electrons. The SMILES string of the molecule is Cc1cc(OCCCCBr)c(C(C)C)cc1Cl. The molecule has 0 heterocycles. The number of alkyl halides is 1. The molecule has 17 heavy (non-hydrogen) atoms. The van der Waals surface area contributed by atoms with Gasteiger partial charge in [-0.1, -0.05) is 41.4 Å². The molecule has 0 unspecified atom stereocenters. The number of hydrogen-bond donors (Lipinski definition) is 0. The van der Waals surface area contributed by atoms with Gasteiger partial charge in [-0.25, -0.2) is 0 Å². The van der Waals surface area contributed by atoms with Crippen molar-refractivity contribution in [3.05, 3.63) is 28.3 Å². The highest BCUT2D eigenvalue weighted by atomic mass is 79.9. The topological polar surface area (TPSA) is 9.23 Å². The maximum Gasteiger partial charge on any atom is 0.123 e. The van der Waals surface area contributed by atoms with E-state index < -0.39 is 0 Å². The van der Waals surface area contributed by atoms with Crippen molar-refractivity contribution in [2.75, 3.05) is 11.9 Å². The van der Waals surface area contributed by atoms with Crippen molar-refractivity contribution in [3.63, 3.8) is 0 Å². The van der Waals surface area contributed by atoms with Crippen molar-refractivity contribution in [1.82, 2.24) is 0 Å². The normalized spacial score (nSPS) is 10.9. The van der Waals surface area contributed by atoms with Gasteiger partial charge in [0.1, 0.15) is 5.75 Å². The first-order chi connectivity index (χ1) is 8.06. The van der Waals surface area contributed by atoms with Crippen LogP contribution >= 0.6 is 27.5 Å². The highest BCUT2D eigenvalue weighted by molar-refractivity contribution is 9.09. The summed E-state index contributed by atoms with van der Waals surface area (Å²) in [4.78, 5) is 0. The van der Waals surface area contributed by atoms with Crippen LogP contribution < -0.4 is 4.74 Å². The number of hydrogen-bond acceptors (Lipinski definition) is 1. The second-order valence-corrected chi connectivity index (χ2v) is 5.74. The van der Waals surface area contributed by atoms with Gasteiger partial charge in [-0.15, -0.1) is 0 Å². The van der Waals surface area contributed by atoms with Gasteiger partial charge in [0.2, 0.25) is 0 Å². The van der Waals surface area contributed by atoms with E-state index in [4.69, 9.17) is 16.3 Å². The largest absolute Gasteiger partial charge is 0.493 e. The van der Waals surface area contributed by atoms with E-state index in [1.807, 2.05) is 19.1 Å². The molecule has 0 aliphatic heterocycles. The zero-order valence-corrected chi connectivity index (χ0v) is 13.1. The van der Waals surface area contributed by atoms with Gasteiger partial charge >= 0.3 is 0 Å². The molecule has 0 saturated heterocycles. The van der Waals surface area contributed by atoms with Gasteiger partial charge in [0.25, 0.3) is 0 Å². The first-order valence-corrected chi connectivity index (χ1v) is 7.55. The Morgan fingerprint density at radius 3 is 2.59 bits per heavy atom. The van der Waals surface area contributed by atoms with Crippen molar-refractivity contribution in [2.45, 2.75) is 39.5 Å². The summed E-state index contributed by atoms with van der Waals surface area (Å²) in [5.41, 5.74) is 2.27. The summed E-state index contributed by atoms with van der Waals surface area (Å²) in [7, 11) is 0. The quantitative estimate of drug-likeness (QED) is 0.509. The molecule has 0 aromatic heterocycles. The average molecular weight is 320 g/mol. The monoisotopic (exact) mass is 318 g/mol. The molecule has 3 heteroatoms. The summed E-state index contributed by atoms with van der Waals surface area (Å²) in [5.74, 6) is 1.41. The number of aryl methyl sites for hydroxylation is 1. The highest BCUT2D eigenvalue weighted by Gasteiger charge is 2.10. The summed E-state index contributed by atoms with van der Waals surface area (Å²) in [6, 6.07) is 4.08. The van der Waals surface area contributed by atoms with Gasteiger partial charge < -0.3 is 4.74 Å². The van der Waals surface area contributed by atoms with E-state index in [9.17, 15) is 0 Å². The Bertz CT molecular complexity index is 363. The molecule has 1 nitrogen and oxygen atoms in total. The van der Waals surface area contributed by atoms with Crippen molar-refractivity contribution >= 4 is 27.5 Å². The molecule has 0 aliphatic carbocycles. The minimum Gasteiger partial charge on any atom is -0.493 e. The van der Waals surface area contributed by atoms with Crippen LogP contribution in [-0.4, -0.2) is 11.9 Å². The van der Waals surface area contributed by atoms with E-state index in [0.717, 1.165) is 41.1 Å². The Morgan fingerprint density at radius 2 is 2.00 bits per heavy atom. The van der Waals surface area contributed by atoms with Crippen LogP contribution in [0, 0.1) is 6.92 Å². The lowest BCUT2D eigenvalue weighted by atomic mass is 10.0. The molecule has 0 saturated carbocycles. The third-order valence-electron chi connectivity index (χ3n) is 2.70. The Hall–Kier alpha value is -0.210. The molecular formula is C14H20BrClO. The Morgan fingerprint density at radius 1 is 1.29 bits per heavy atom. The number of halogens is 2. The van der Waals surface area contributed by atoms with Gasteiger partial charge in [-0.2, -0.15) is 0 Å². The van der Waals surface area contributed by atoms with Gasteiger partial charge in [0.05, 0.1) is 6.61 Å². The third-order valence-corrected chi connectivity index (χ3v) is 3.67. The van der Waals surface area contributed by atoms with Crippen LogP contribution in [-0.2, 0) is 0 Å². The summed E-state index contributed by atoms with van der Waals surface area (Å²) in [5, 5.41) is 1.86. The van der Waals surface area contributed by atoms with Gasteiger partial charge in [0, 0.05) is 10.4 Å². The molecule has 0 spiro atoms. The summed E-state index contributed by atoms with van der Waals surface area (Å²) in [6.45, 7) is 7.10. The lowest BCUT2D eigenvalue weighted by Crippen LogP contribution is -2.02. The molecule has 0 radical (unpaired) electrons. The second-order valence-electron chi connectivity index (χ2n) is 4.54. The maximum atomic E-state index is 6.15. The third kappa shape index (κ3) is 4.51. The van der Waals surface area contributed by atoms with E-state index >= 15 is 0 Å². The summed E-state index contributed by atoms with van der Waals surface area (Å²) < 4.78 is 5.86. The van der Waals surface area contributed by atoms with Crippen molar-refractivity contribution in [3.8, 4) is 5.75 Å². The number of benzene rings is 1. The Balaban J connectivity index is 2.78. The Kier molecular flexibility index (Phi) is 6.35. The molecule has 1 aromatic carbocycles. The second kappa shape index (κ2) is 7.27. The summed E-state index contributed by atoms with van der Waals surface area (Å²) >= 11 is 9.57. The first kappa shape index (κ1) is 14.8. The first-order valence-electron chi connectivity index (χ1n) is 6.05. The average Bonchev–Trinajstić information content (AvgIpc) is 2.28. The van der Waals surface area contributed by atoms with E-state index in [1.54, 1.807) is 0 Å². The molecular weight excluding hydrogens is 300 g/mol. The van der Waals surface area contributed by atoms with Gasteiger partial charge in [-0.3, -0.25) is 0 Å². The van der Waals surface area contributed by atoms with Crippen LogP contribution in [0.5, 0.6) is 5.75 Å². The van der Waals surface area contributed by atoms with Crippen LogP contribution in [0.15, 0.2) is 12.1 Å². The van der Waals surface area contributed by atoms with Crippen molar-refractivity contribution in [1.29, 1.82) is 0 Å². The van der Waals surface area contributed by atoms with Gasteiger partial charge in [0.15, 0.2) is 0 Å². The van der Waals surface area contributed by atoms with Crippen LogP contribution in [0.25, 0.3) is 0 Å². The summed E-state index contributed by atoms with van der Waals surface area (Å²) in [6.07, 6.45) is 2.22. The fourth-order valence-electron chi connectivity index (χ4n) is 1.63. The smallest absolute Gasteiger partial charge is 0.123 e. The van der Waals surface area contributed by atoms with E-state index in [2.05, 4.69) is 29.8 Å². The highest BCUT2D eigenvalue weighted by Crippen LogP contribution is 2.32. The van der Waals surface area contributed by atoms with E-state index in [-0.39, 0.29) is 0 Å². The maximum absolute atomic E-state index is 6.15. The lowest BCUT2D eigenvalue weighted by molar-refractivity contribution is 0.305. The number of ether oxygens (including phenoxy) is 1. The minimum atomic E-state index is 0.430. The van der Waals surface area contributed by atoms with E-state index in [0.29, 0.717) is 5.92 Å². The molecule has 1 rings (SSSR count). The molecule has 0 N–H and O–H groups in total. The lowest BCUT2D eigenvalue weighted by Gasteiger charge is -2.15. The Labute approximate surface area is 118 Å². The molecule has 0 fully saturated rings. The predicted molar refractivity (Wildman–Crippen MR) is 78.8 cm³/mol. The van der Waals surface area contributed by atoms with Crippen LogP contribution in [0.1, 0.15) is 43.7 Å². The van der Waals surface area contributed by atoms with Crippen LogP contribution in [0.4, 0.5) is 0 Å². The van der Waals surface area contributed by atoms with E-state index in [1.165, 1.54) is 5.56 Å². The van der Waals surface area contributed by atoms with Crippen LogP contribution in [0.2, 0.25) is 5.02 Å². The molecule has 0 atom stereocenters. The fraction of sp³-hybridized carbons (Fsp3) is 0.571. The van der Waals surface area contributed by atoms with Crippen molar-refractivity contribution in [2.24, 2.45) is 0 Å². The molecule has 0 amide bonds. The fourth-order valence-corrected chi connectivity index (χ4v) is 2.19. The van der Waals surface area contributed by atoms with Crippen molar-refractivity contribution < 1.29 is 4.74 Å². The number of unbranched alkanes of at least 4 members (excludes halogenated alkanes) is 1. The zero-order valence-electron chi connectivity index (χ0n) is 10.7. The molecule has 0 aliphatic rings. The minimum absolute atomic E-state index is 0.430.